The lowest BCUT2D eigenvalue weighted by Gasteiger charge is -2.05. The number of benzene rings is 1. The van der Waals surface area contributed by atoms with Crippen molar-refractivity contribution in [1.29, 1.82) is 0 Å². The molecule has 0 amide bonds. The van der Waals surface area contributed by atoms with Gasteiger partial charge < -0.3 is 10.1 Å². The zero-order valence-corrected chi connectivity index (χ0v) is 13.1. The first-order valence-corrected chi connectivity index (χ1v) is 7.21. The van der Waals surface area contributed by atoms with Crippen LogP contribution < -0.4 is 5.32 Å². The molecule has 0 fully saturated rings. The summed E-state index contributed by atoms with van der Waals surface area (Å²) in [6.45, 7) is 4.63. The molecule has 1 N–H and O–H groups in total. The number of allylic oxidation sites excluding steroid dienone is 1. The molecule has 0 saturated heterocycles. The zero-order valence-electron chi connectivity index (χ0n) is 11.5. The summed E-state index contributed by atoms with van der Waals surface area (Å²) in [6.07, 6.45) is 3.96. The van der Waals surface area contributed by atoms with E-state index < -0.39 is 0 Å². The predicted octanol–water partition coefficient (Wildman–Crippen LogP) is 3.70. The third-order valence-corrected chi connectivity index (χ3v) is 3.16. The first-order chi connectivity index (χ1) is 9.11. The molecule has 0 aromatic heterocycles. The summed E-state index contributed by atoms with van der Waals surface area (Å²) in [5.74, 6) is -0.196. The topological polar surface area (TPSA) is 21.3 Å². The van der Waals surface area contributed by atoms with Gasteiger partial charge in [-0.2, -0.15) is 0 Å². The van der Waals surface area contributed by atoms with Gasteiger partial charge in [-0.3, -0.25) is 0 Å². The normalized spacial score (nSPS) is 11.9. The SMILES string of the molecule is COCCNCCC=C(C)Cc1cc(F)cc(Br)c1. The van der Waals surface area contributed by atoms with Crippen molar-refractivity contribution in [2.24, 2.45) is 0 Å². The van der Waals surface area contributed by atoms with Gasteiger partial charge in [0.25, 0.3) is 0 Å². The number of ether oxygens (including phenoxy) is 1. The maximum atomic E-state index is 13.2. The first kappa shape index (κ1) is 16.3. The monoisotopic (exact) mass is 329 g/mol. The van der Waals surface area contributed by atoms with E-state index in [4.69, 9.17) is 4.74 Å². The molecule has 1 rings (SSSR count). The molecule has 0 unspecified atom stereocenters. The Bertz CT molecular complexity index is 400. The van der Waals surface area contributed by atoms with E-state index in [1.807, 2.05) is 6.07 Å². The summed E-state index contributed by atoms with van der Waals surface area (Å²) >= 11 is 3.31. The van der Waals surface area contributed by atoms with Crippen LogP contribution in [0.25, 0.3) is 0 Å². The average molecular weight is 330 g/mol. The molecular weight excluding hydrogens is 309 g/mol. The lowest BCUT2D eigenvalue weighted by atomic mass is 10.1. The van der Waals surface area contributed by atoms with Crippen molar-refractivity contribution >= 4 is 15.9 Å². The summed E-state index contributed by atoms with van der Waals surface area (Å²) in [5, 5.41) is 3.29. The summed E-state index contributed by atoms with van der Waals surface area (Å²) in [4.78, 5) is 0. The van der Waals surface area contributed by atoms with Gasteiger partial charge in [-0.05, 0) is 50.1 Å². The van der Waals surface area contributed by atoms with Crippen molar-refractivity contribution in [3.05, 3.63) is 45.7 Å². The van der Waals surface area contributed by atoms with E-state index in [0.29, 0.717) is 0 Å². The zero-order chi connectivity index (χ0) is 14.1. The summed E-state index contributed by atoms with van der Waals surface area (Å²) in [6, 6.07) is 5.01. The number of halogens is 2. The number of hydrogen-bond acceptors (Lipinski definition) is 2. The highest BCUT2D eigenvalue weighted by Gasteiger charge is 2.00. The van der Waals surface area contributed by atoms with Gasteiger partial charge in [0.2, 0.25) is 0 Å². The second-order valence-electron chi connectivity index (χ2n) is 4.54. The quantitative estimate of drug-likeness (QED) is 0.580. The Hall–Kier alpha value is -0.710. The smallest absolute Gasteiger partial charge is 0.124 e. The molecule has 0 saturated carbocycles. The molecule has 0 atom stereocenters. The minimum Gasteiger partial charge on any atom is -0.383 e. The van der Waals surface area contributed by atoms with Gasteiger partial charge in [0.05, 0.1) is 6.61 Å². The molecule has 0 radical (unpaired) electrons. The van der Waals surface area contributed by atoms with Crippen LogP contribution in [0.2, 0.25) is 0 Å². The van der Waals surface area contributed by atoms with Crippen molar-refractivity contribution in [2.45, 2.75) is 19.8 Å². The van der Waals surface area contributed by atoms with E-state index in [0.717, 1.165) is 42.6 Å². The summed E-state index contributed by atoms with van der Waals surface area (Å²) in [5.41, 5.74) is 2.25. The average Bonchev–Trinajstić information content (AvgIpc) is 2.32. The van der Waals surface area contributed by atoms with Crippen LogP contribution in [0.3, 0.4) is 0 Å². The molecule has 1 aromatic rings. The molecular formula is C15H21BrFNO. The van der Waals surface area contributed by atoms with Crippen molar-refractivity contribution in [3.63, 3.8) is 0 Å². The number of methoxy groups -OCH3 is 1. The predicted molar refractivity (Wildman–Crippen MR) is 80.9 cm³/mol. The Morgan fingerprint density at radius 1 is 1.37 bits per heavy atom. The molecule has 2 nitrogen and oxygen atoms in total. The van der Waals surface area contributed by atoms with Crippen LogP contribution in [0.5, 0.6) is 0 Å². The number of rotatable bonds is 8. The van der Waals surface area contributed by atoms with Gasteiger partial charge in [0.1, 0.15) is 5.82 Å². The van der Waals surface area contributed by atoms with Gasteiger partial charge in [-0.15, -0.1) is 0 Å². The molecule has 0 spiro atoms. The molecule has 0 aliphatic heterocycles. The minimum absolute atomic E-state index is 0.196. The Morgan fingerprint density at radius 3 is 2.84 bits per heavy atom. The second-order valence-corrected chi connectivity index (χ2v) is 5.45. The Labute approximate surface area is 123 Å². The van der Waals surface area contributed by atoms with Crippen LogP contribution in [-0.4, -0.2) is 26.8 Å². The van der Waals surface area contributed by atoms with Gasteiger partial charge in [-0.25, -0.2) is 4.39 Å². The molecule has 0 aliphatic carbocycles. The van der Waals surface area contributed by atoms with E-state index in [-0.39, 0.29) is 5.82 Å². The van der Waals surface area contributed by atoms with Crippen LogP contribution in [0.15, 0.2) is 34.3 Å². The van der Waals surface area contributed by atoms with Gasteiger partial charge in [-0.1, -0.05) is 27.6 Å². The fraction of sp³-hybridized carbons (Fsp3) is 0.467. The van der Waals surface area contributed by atoms with E-state index >= 15 is 0 Å². The number of hydrogen-bond donors (Lipinski definition) is 1. The van der Waals surface area contributed by atoms with Crippen molar-refractivity contribution in [3.8, 4) is 0 Å². The molecule has 0 bridgehead atoms. The van der Waals surface area contributed by atoms with Crippen LogP contribution in [0.1, 0.15) is 18.9 Å². The Morgan fingerprint density at radius 2 is 2.16 bits per heavy atom. The Balaban J connectivity index is 2.34. The number of nitrogens with one attached hydrogen (secondary N) is 1. The largest absolute Gasteiger partial charge is 0.383 e. The standard InChI is InChI=1S/C15H21BrFNO/c1-12(4-3-5-18-6-7-19-2)8-13-9-14(16)11-15(17)10-13/h4,9-11,18H,3,5-8H2,1-2H3. The van der Waals surface area contributed by atoms with Crippen LogP contribution >= 0.6 is 15.9 Å². The second kappa shape index (κ2) is 9.23. The molecule has 0 aliphatic rings. The Kier molecular flexibility index (Phi) is 7.94. The highest BCUT2D eigenvalue weighted by atomic mass is 79.9. The lowest BCUT2D eigenvalue weighted by Crippen LogP contribution is -2.19. The van der Waals surface area contributed by atoms with E-state index in [9.17, 15) is 4.39 Å². The highest BCUT2D eigenvalue weighted by molar-refractivity contribution is 9.10. The molecule has 4 heteroatoms. The maximum Gasteiger partial charge on any atom is 0.124 e. The molecule has 0 heterocycles. The molecule has 19 heavy (non-hydrogen) atoms. The van der Waals surface area contributed by atoms with Crippen molar-refractivity contribution in [1.82, 2.24) is 5.32 Å². The van der Waals surface area contributed by atoms with Crippen LogP contribution in [0, 0.1) is 5.82 Å². The highest BCUT2D eigenvalue weighted by Crippen LogP contribution is 2.17. The first-order valence-electron chi connectivity index (χ1n) is 6.42. The van der Waals surface area contributed by atoms with Crippen LogP contribution in [0.4, 0.5) is 4.39 Å². The summed E-state index contributed by atoms with van der Waals surface area (Å²) in [7, 11) is 1.70. The lowest BCUT2D eigenvalue weighted by molar-refractivity contribution is 0.199. The van der Waals surface area contributed by atoms with E-state index in [2.05, 4.69) is 34.2 Å². The third kappa shape index (κ3) is 7.45. The molecule has 1 aromatic carbocycles. The third-order valence-electron chi connectivity index (χ3n) is 2.70. The fourth-order valence-electron chi connectivity index (χ4n) is 1.83. The van der Waals surface area contributed by atoms with Gasteiger partial charge >= 0.3 is 0 Å². The van der Waals surface area contributed by atoms with Crippen LogP contribution in [-0.2, 0) is 11.2 Å². The fourth-order valence-corrected chi connectivity index (χ4v) is 2.34. The van der Waals surface area contributed by atoms with Crippen molar-refractivity contribution < 1.29 is 9.13 Å². The molecule has 106 valence electrons. The van der Waals surface area contributed by atoms with E-state index in [1.54, 1.807) is 13.2 Å². The summed E-state index contributed by atoms with van der Waals surface area (Å²) < 4.78 is 19.0. The van der Waals surface area contributed by atoms with E-state index in [1.165, 1.54) is 11.6 Å². The van der Waals surface area contributed by atoms with Crippen molar-refractivity contribution in [2.75, 3.05) is 26.8 Å². The van der Waals surface area contributed by atoms with Gasteiger partial charge in [0, 0.05) is 18.1 Å². The maximum absolute atomic E-state index is 13.2. The van der Waals surface area contributed by atoms with Gasteiger partial charge in [0.15, 0.2) is 0 Å². The minimum atomic E-state index is -0.196.